The normalized spacial score (nSPS) is 12.4. The number of nitrogens with one attached hydrogen (secondary N) is 1. The minimum atomic E-state index is -0.243. The minimum Gasteiger partial charge on any atom is -0.497 e. The summed E-state index contributed by atoms with van der Waals surface area (Å²) in [5, 5.41) is 2.83. The number of fused-ring (bicyclic) bond motifs is 1. The predicted molar refractivity (Wildman–Crippen MR) is 132 cm³/mol. The van der Waals surface area contributed by atoms with Gasteiger partial charge < -0.3 is 24.4 Å². The van der Waals surface area contributed by atoms with Gasteiger partial charge in [-0.3, -0.25) is 19.4 Å². The zero-order valence-electron chi connectivity index (χ0n) is 19.9. The van der Waals surface area contributed by atoms with Gasteiger partial charge in [-0.2, -0.15) is 0 Å². The second kappa shape index (κ2) is 11.8. The van der Waals surface area contributed by atoms with E-state index in [1.54, 1.807) is 60.7 Å². The van der Waals surface area contributed by atoms with Crippen molar-refractivity contribution in [1.29, 1.82) is 0 Å². The number of rotatable bonds is 11. The summed E-state index contributed by atoms with van der Waals surface area (Å²) in [5.74, 6) is 1.06. The van der Waals surface area contributed by atoms with Crippen LogP contribution in [0.4, 0.5) is 5.69 Å². The molecule has 0 atom stereocenters. The molecule has 0 bridgehead atoms. The first-order valence-electron chi connectivity index (χ1n) is 11.6. The van der Waals surface area contributed by atoms with Gasteiger partial charge in [-0.1, -0.05) is 12.1 Å². The molecule has 0 aliphatic carbocycles. The molecule has 1 aliphatic rings. The third-order valence-corrected chi connectivity index (χ3v) is 5.61. The van der Waals surface area contributed by atoms with E-state index in [0.717, 1.165) is 5.69 Å². The molecule has 0 saturated carbocycles. The lowest BCUT2D eigenvalue weighted by atomic mass is 10.1. The van der Waals surface area contributed by atoms with Crippen LogP contribution in [0.25, 0.3) is 0 Å². The van der Waals surface area contributed by atoms with Crippen LogP contribution in [0.15, 0.2) is 66.9 Å². The van der Waals surface area contributed by atoms with Crippen molar-refractivity contribution in [2.24, 2.45) is 0 Å². The van der Waals surface area contributed by atoms with Crippen molar-refractivity contribution in [3.05, 3.63) is 78.1 Å². The highest BCUT2D eigenvalue weighted by atomic mass is 16.5. The number of methoxy groups -OCH3 is 1. The van der Waals surface area contributed by atoms with E-state index in [9.17, 15) is 14.4 Å². The van der Waals surface area contributed by atoms with Crippen molar-refractivity contribution < 1.29 is 28.6 Å². The maximum Gasteiger partial charge on any atom is 0.265 e. The molecule has 1 aromatic heterocycles. The van der Waals surface area contributed by atoms with Crippen LogP contribution >= 0.6 is 0 Å². The molecule has 0 saturated heterocycles. The number of hydrogen-bond acceptors (Lipinski definition) is 7. The third-order valence-electron chi connectivity index (χ3n) is 5.61. The molecule has 2 heterocycles. The first-order chi connectivity index (χ1) is 17.5. The number of aromatic nitrogens is 1. The molecule has 0 fully saturated rings. The SMILES string of the molecule is COc1cccc(OCC(=O)c2ccc3c(c2)N(CCCC(=O)NCc2ccccn2)C(=O)CO3)c1. The van der Waals surface area contributed by atoms with Crippen molar-refractivity contribution in [1.82, 2.24) is 10.3 Å². The Balaban J connectivity index is 1.34. The van der Waals surface area contributed by atoms with Crippen LogP contribution in [-0.4, -0.2) is 49.4 Å². The fourth-order valence-corrected chi connectivity index (χ4v) is 3.72. The summed E-state index contributed by atoms with van der Waals surface area (Å²) in [4.78, 5) is 43.3. The van der Waals surface area contributed by atoms with Crippen LogP contribution < -0.4 is 24.4 Å². The lowest BCUT2D eigenvalue weighted by Crippen LogP contribution is -2.40. The van der Waals surface area contributed by atoms with Crippen LogP contribution in [0.1, 0.15) is 28.9 Å². The lowest BCUT2D eigenvalue weighted by Gasteiger charge is -2.29. The zero-order valence-corrected chi connectivity index (χ0v) is 19.9. The molecule has 9 nitrogen and oxygen atoms in total. The van der Waals surface area contributed by atoms with Crippen molar-refractivity contribution in [2.75, 3.05) is 31.8 Å². The Bertz CT molecular complexity index is 1230. The van der Waals surface area contributed by atoms with Gasteiger partial charge in [0.25, 0.3) is 5.91 Å². The Labute approximate surface area is 209 Å². The highest BCUT2D eigenvalue weighted by Crippen LogP contribution is 2.33. The van der Waals surface area contributed by atoms with E-state index >= 15 is 0 Å². The maximum atomic E-state index is 12.8. The molecule has 1 aliphatic heterocycles. The largest absolute Gasteiger partial charge is 0.497 e. The minimum absolute atomic E-state index is 0.0921. The van der Waals surface area contributed by atoms with E-state index in [1.165, 1.54) is 0 Å². The number of benzene rings is 2. The summed E-state index contributed by atoms with van der Waals surface area (Å²) in [6.45, 7) is 0.411. The quantitative estimate of drug-likeness (QED) is 0.412. The summed E-state index contributed by atoms with van der Waals surface area (Å²) in [7, 11) is 1.56. The maximum absolute atomic E-state index is 12.8. The second-order valence-electron chi connectivity index (χ2n) is 8.11. The molecule has 0 unspecified atom stereocenters. The number of amides is 2. The zero-order chi connectivity index (χ0) is 25.3. The number of ketones is 1. The topological polar surface area (TPSA) is 107 Å². The lowest BCUT2D eigenvalue weighted by molar-refractivity contribution is -0.123. The fourth-order valence-electron chi connectivity index (χ4n) is 3.72. The van der Waals surface area contributed by atoms with E-state index < -0.39 is 0 Å². The molecule has 36 heavy (non-hydrogen) atoms. The fraction of sp³-hybridized carbons (Fsp3) is 0.259. The average Bonchev–Trinajstić information content (AvgIpc) is 2.92. The number of hydrogen-bond donors (Lipinski definition) is 1. The van der Waals surface area contributed by atoms with Crippen molar-refractivity contribution in [2.45, 2.75) is 19.4 Å². The van der Waals surface area contributed by atoms with Gasteiger partial charge in [0.1, 0.15) is 17.2 Å². The van der Waals surface area contributed by atoms with E-state index in [-0.39, 0.29) is 37.2 Å². The monoisotopic (exact) mass is 489 g/mol. The summed E-state index contributed by atoms with van der Waals surface area (Å²) in [6, 6.07) is 17.5. The molecular formula is C27H27N3O6. The summed E-state index contributed by atoms with van der Waals surface area (Å²) in [5.41, 5.74) is 1.68. The van der Waals surface area contributed by atoms with Crippen LogP contribution in [-0.2, 0) is 16.1 Å². The number of nitrogens with zero attached hydrogens (tertiary/aromatic N) is 2. The number of anilines is 1. The highest BCUT2D eigenvalue weighted by Gasteiger charge is 2.26. The molecule has 4 rings (SSSR count). The first kappa shape index (κ1) is 24.7. The van der Waals surface area contributed by atoms with Gasteiger partial charge in [0.15, 0.2) is 19.0 Å². The van der Waals surface area contributed by atoms with E-state index in [0.29, 0.717) is 48.0 Å². The van der Waals surface area contributed by atoms with Gasteiger partial charge in [-0.15, -0.1) is 0 Å². The highest BCUT2D eigenvalue weighted by molar-refractivity contribution is 6.02. The smallest absolute Gasteiger partial charge is 0.265 e. The molecule has 9 heteroatoms. The number of Topliss-reactive ketones (excluding diaryl/α,β-unsaturated/α-hetero) is 1. The van der Waals surface area contributed by atoms with Crippen LogP contribution in [0.2, 0.25) is 0 Å². The number of pyridine rings is 1. The summed E-state index contributed by atoms with van der Waals surface area (Å²) >= 11 is 0. The molecule has 1 N–H and O–H groups in total. The predicted octanol–water partition coefficient (Wildman–Crippen LogP) is 3.17. The van der Waals surface area contributed by atoms with E-state index in [2.05, 4.69) is 10.3 Å². The Morgan fingerprint density at radius 2 is 1.94 bits per heavy atom. The standard InChI is InChI=1S/C27H27N3O6/c1-34-21-7-4-8-22(15-21)35-17-24(31)19-10-11-25-23(14-19)30(27(33)18-36-25)13-5-9-26(32)29-16-20-6-2-3-12-28-20/h2-4,6-8,10-12,14-15H,5,9,13,16-18H2,1H3,(H,29,32). The van der Waals surface area contributed by atoms with Gasteiger partial charge >= 0.3 is 0 Å². The van der Waals surface area contributed by atoms with Gasteiger partial charge in [-0.25, -0.2) is 0 Å². The summed E-state index contributed by atoms with van der Waals surface area (Å²) < 4.78 is 16.3. The first-order valence-corrected chi connectivity index (χ1v) is 11.6. The van der Waals surface area contributed by atoms with Crippen LogP contribution in [0, 0.1) is 0 Å². The Kier molecular flexibility index (Phi) is 8.12. The number of ether oxygens (including phenoxy) is 3. The molecule has 3 aromatic rings. The van der Waals surface area contributed by atoms with E-state index in [1.807, 2.05) is 18.2 Å². The van der Waals surface area contributed by atoms with Crippen molar-refractivity contribution in [3.63, 3.8) is 0 Å². The van der Waals surface area contributed by atoms with Crippen LogP contribution in [0.3, 0.4) is 0 Å². The second-order valence-corrected chi connectivity index (χ2v) is 8.11. The number of carbonyl (C=O) groups is 3. The molecule has 2 amide bonds. The molecule has 2 aromatic carbocycles. The average molecular weight is 490 g/mol. The Morgan fingerprint density at radius 3 is 2.75 bits per heavy atom. The third kappa shape index (κ3) is 6.38. The molecule has 0 radical (unpaired) electrons. The molecule has 186 valence electrons. The van der Waals surface area contributed by atoms with Crippen molar-refractivity contribution in [3.8, 4) is 17.2 Å². The van der Waals surface area contributed by atoms with Crippen LogP contribution in [0.5, 0.6) is 17.2 Å². The molecule has 0 spiro atoms. The van der Waals surface area contributed by atoms with Crippen molar-refractivity contribution >= 4 is 23.3 Å². The van der Waals surface area contributed by atoms with E-state index in [4.69, 9.17) is 14.2 Å². The molecular weight excluding hydrogens is 462 g/mol. The van der Waals surface area contributed by atoms with Gasteiger partial charge in [-0.05, 0) is 48.9 Å². The number of carbonyl (C=O) groups excluding carboxylic acids is 3. The summed E-state index contributed by atoms with van der Waals surface area (Å²) in [6.07, 6.45) is 2.38. The Hall–Kier alpha value is -4.40. The van der Waals surface area contributed by atoms with Gasteiger partial charge in [0, 0.05) is 30.8 Å². The van der Waals surface area contributed by atoms with Gasteiger partial charge in [0.2, 0.25) is 5.91 Å². The Morgan fingerprint density at radius 1 is 1.08 bits per heavy atom. The van der Waals surface area contributed by atoms with Gasteiger partial charge in [0.05, 0.1) is 25.0 Å².